The Bertz CT molecular complexity index is 134. The standard InChI is InChI=1S/C7H18N2OSi/c1-10-11(2)7-3-5-9(11)6-4-8/h3-8H2,1-2H3. The average molecular weight is 174 g/mol. The van der Waals surface area contributed by atoms with Gasteiger partial charge in [0.05, 0.1) is 0 Å². The molecular weight excluding hydrogens is 156 g/mol. The van der Waals surface area contributed by atoms with Crippen molar-refractivity contribution in [3.8, 4) is 0 Å². The van der Waals surface area contributed by atoms with Crippen LogP contribution < -0.4 is 5.73 Å². The minimum Gasteiger partial charge on any atom is -0.406 e. The molecule has 1 rings (SSSR count). The van der Waals surface area contributed by atoms with E-state index >= 15 is 0 Å². The van der Waals surface area contributed by atoms with Crippen molar-refractivity contribution in [2.24, 2.45) is 5.73 Å². The Kier molecular flexibility index (Phi) is 3.06. The first-order chi connectivity index (χ1) is 5.23. The SMILES string of the molecule is CO[Si]1(C)CCCN1CCN. The Hall–Kier alpha value is 0.0969. The fourth-order valence-corrected chi connectivity index (χ4v) is 4.55. The van der Waals surface area contributed by atoms with E-state index in [1.165, 1.54) is 19.0 Å². The topological polar surface area (TPSA) is 38.5 Å². The van der Waals surface area contributed by atoms with Crippen LogP contribution >= 0.6 is 0 Å². The summed E-state index contributed by atoms with van der Waals surface area (Å²) in [7, 11) is 0.377. The molecule has 0 spiro atoms. The Morgan fingerprint density at radius 1 is 1.64 bits per heavy atom. The van der Waals surface area contributed by atoms with Crippen molar-refractivity contribution >= 4 is 8.48 Å². The van der Waals surface area contributed by atoms with Gasteiger partial charge in [-0.3, -0.25) is 0 Å². The maximum Gasteiger partial charge on any atom is 0.267 e. The van der Waals surface area contributed by atoms with Gasteiger partial charge in [0.15, 0.2) is 0 Å². The van der Waals surface area contributed by atoms with E-state index in [2.05, 4.69) is 11.1 Å². The van der Waals surface area contributed by atoms with Gasteiger partial charge in [-0.2, -0.15) is 0 Å². The molecule has 1 fully saturated rings. The molecule has 1 aliphatic heterocycles. The largest absolute Gasteiger partial charge is 0.406 e. The van der Waals surface area contributed by atoms with Gasteiger partial charge >= 0.3 is 0 Å². The third-order valence-corrected chi connectivity index (χ3v) is 6.52. The van der Waals surface area contributed by atoms with E-state index < -0.39 is 8.48 Å². The molecule has 0 amide bonds. The summed E-state index contributed by atoms with van der Waals surface area (Å²) in [6.45, 7) is 5.23. The second kappa shape index (κ2) is 3.67. The normalized spacial score (nSPS) is 33.0. The molecule has 4 heteroatoms. The van der Waals surface area contributed by atoms with E-state index in [1.807, 2.05) is 7.11 Å². The third-order valence-electron chi connectivity index (χ3n) is 2.58. The molecule has 66 valence electrons. The van der Waals surface area contributed by atoms with Crippen LogP contribution in [-0.4, -0.2) is 39.8 Å². The summed E-state index contributed by atoms with van der Waals surface area (Å²) >= 11 is 0. The van der Waals surface area contributed by atoms with Gasteiger partial charge in [-0.1, -0.05) is 0 Å². The van der Waals surface area contributed by atoms with Gasteiger partial charge < -0.3 is 14.7 Å². The average Bonchev–Trinajstić information content (AvgIpc) is 2.35. The zero-order valence-corrected chi connectivity index (χ0v) is 8.47. The van der Waals surface area contributed by atoms with Gasteiger partial charge in [0.25, 0.3) is 8.48 Å². The number of hydrogen-bond acceptors (Lipinski definition) is 3. The highest BCUT2D eigenvalue weighted by Gasteiger charge is 2.39. The van der Waals surface area contributed by atoms with E-state index in [0.717, 1.165) is 13.1 Å². The lowest BCUT2D eigenvalue weighted by Crippen LogP contribution is -2.49. The summed E-state index contributed by atoms with van der Waals surface area (Å²) in [6.07, 6.45) is 1.29. The van der Waals surface area contributed by atoms with E-state index in [-0.39, 0.29) is 0 Å². The van der Waals surface area contributed by atoms with Crippen LogP contribution in [0.25, 0.3) is 0 Å². The lowest BCUT2D eigenvalue weighted by Gasteiger charge is -2.30. The molecule has 0 aromatic heterocycles. The fourth-order valence-electron chi connectivity index (χ4n) is 1.73. The van der Waals surface area contributed by atoms with Crippen LogP contribution in [0, 0.1) is 0 Å². The molecule has 0 aromatic carbocycles. The van der Waals surface area contributed by atoms with Gasteiger partial charge in [-0.05, 0) is 25.6 Å². The summed E-state index contributed by atoms with van der Waals surface area (Å²) in [5, 5.41) is 0. The van der Waals surface area contributed by atoms with Gasteiger partial charge in [0.1, 0.15) is 0 Å². The van der Waals surface area contributed by atoms with E-state index in [4.69, 9.17) is 10.2 Å². The molecular formula is C7H18N2OSi. The highest BCUT2D eigenvalue weighted by atomic mass is 28.4. The zero-order valence-electron chi connectivity index (χ0n) is 7.47. The van der Waals surface area contributed by atoms with E-state index in [1.54, 1.807) is 0 Å². The van der Waals surface area contributed by atoms with Crippen LogP contribution in [0.4, 0.5) is 0 Å². The van der Waals surface area contributed by atoms with Crippen LogP contribution in [0.15, 0.2) is 0 Å². The highest BCUT2D eigenvalue weighted by molar-refractivity contribution is 6.70. The maximum absolute atomic E-state index is 5.57. The van der Waals surface area contributed by atoms with Gasteiger partial charge in [0, 0.05) is 20.2 Å². The summed E-state index contributed by atoms with van der Waals surface area (Å²) in [5.74, 6) is 0. The maximum atomic E-state index is 5.57. The molecule has 11 heavy (non-hydrogen) atoms. The summed E-state index contributed by atoms with van der Waals surface area (Å²) in [6, 6.07) is 1.27. The first-order valence-corrected chi connectivity index (χ1v) is 6.79. The highest BCUT2D eigenvalue weighted by Crippen LogP contribution is 2.25. The first kappa shape index (κ1) is 9.19. The zero-order chi connectivity index (χ0) is 8.32. The molecule has 0 saturated carbocycles. The molecule has 3 nitrogen and oxygen atoms in total. The van der Waals surface area contributed by atoms with Crippen molar-refractivity contribution in [3.05, 3.63) is 0 Å². The summed E-state index contributed by atoms with van der Waals surface area (Å²) < 4.78 is 8.02. The third kappa shape index (κ3) is 1.82. The lowest BCUT2D eigenvalue weighted by atomic mass is 10.5. The summed E-state index contributed by atoms with van der Waals surface area (Å²) in [4.78, 5) is 0. The number of hydrogen-bond donors (Lipinski definition) is 1. The second-order valence-electron chi connectivity index (χ2n) is 3.26. The Labute approximate surface area is 69.7 Å². The fraction of sp³-hybridized carbons (Fsp3) is 1.00. The van der Waals surface area contributed by atoms with Crippen molar-refractivity contribution in [1.82, 2.24) is 4.57 Å². The predicted molar refractivity (Wildman–Crippen MR) is 48.7 cm³/mol. The van der Waals surface area contributed by atoms with E-state index in [9.17, 15) is 0 Å². The van der Waals surface area contributed by atoms with Crippen LogP contribution in [0.2, 0.25) is 12.6 Å². The lowest BCUT2D eigenvalue weighted by molar-refractivity contribution is 0.320. The van der Waals surface area contributed by atoms with Crippen LogP contribution in [-0.2, 0) is 4.43 Å². The van der Waals surface area contributed by atoms with Crippen molar-refractivity contribution in [3.63, 3.8) is 0 Å². The summed E-state index contributed by atoms with van der Waals surface area (Å²) in [5.41, 5.74) is 5.51. The van der Waals surface area contributed by atoms with Crippen molar-refractivity contribution < 1.29 is 4.43 Å². The molecule has 1 aliphatic rings. The van der Waals surface area contributed by atoms with Crippen LogP contribution in [0.3, 0.4) is 0 Å². The van der Waals surface area contributed by atoms with Crippen molar-refractivity contribution in [2.75, 3.05) is 26.7 Å². The number of nitrogens with two attached hydrogens (primary N) is 1. The van der Waals surface area contributed by atoms with Crippen molar-refractivity contribution in [2.45, 2.75) is 19.0 Å². The van der Waals surface area contributed by atoms with Crippen molar-refractivity contribution in [1.29, 1.82) is 0 Å². The number of rotatable bonds is 3. The smallest absolute Gasteiger partial charge is 0.267 e. The predicted octanol–water partition coefficient (Wildman–Crippen LogP) is 0.369. The first-order valence-electron chi connectivity index (χ1n) is 4.23. The number of nitrogens with zero attached hydrogens (tertiary/aromatic N) is 1. The Balaban J connectivity index is 2.49. The van der Waals surface area contributed by atoms with E-state index in [0.29, 0.717) is 0 Å². The molecule has 0 aromatic rings. The quantitative estimate of drug-likeness (QED) is 0.628. The Morgan fingerprint density at radius 2 is 2.36 bits per heavy atom. The van der Waals surface area contributed by atoms with Gasteiger partial charge in [-0.25, -0.2) is 0 Å². The Morgan fingerprint density at radius 3 is 2.91 bits per heavy atom. The molecule has 0 radical (unpaired) electrons. The molecule has 0 aliphatic carbocycles. The second-order valence-corrected chi connectivity index (χ2v) is 7.15. The molecule has 1 saturated heterocycles. The van der Waals surface area contributed by atoms with Gasteiger partial charge in [-0.15, -0.1) is 0 Å². The molecule has 1 unspecified atom stereocenters. The molecule has 2 N–H and O–H groups in total. The minimum absolute atomic E-state index is 0.756. The monoisotopic (exact) mass is 174 g/mol. The minimum atomic E-state index is -1.46. The van der Waals surface area contributed by atoms with Crippen LogP contribution in [0.5, 0.6) is 0 Å². The molecule has 1 atom stereocenters. The molecule has 0 bridgehead atoms. The van der Waals surface area contributed by atoms with Crippen LogP contribution in [0.1, 0.15) is 6.42 Å². The molecule has 1 heterocycles. The van der Waals surface area contributed by atoms with Gasteiger partial charge in [0.2, 0.25) is 0 Å².